The number of aliphatic imine (C=N–C) groups is 1. The average molecular weight is 268 g/mol. The smallest absolute Gasteiger partial charge is 0.168 e. The van der Waals surface area contributed by atoms with E-state index in [4.69, 9.17) is 0 Å². The van der Waals surface area contributed by atoms with Gasteiger partial charge in [-0.15, -0.1) is 0 Å². The third-order valence-corrected chi connectivity index (χ3v) is 4.47. The van der Waals surface area contributed by atoms with Crippen LogP contribution in [0.4, 0.5) is 0 Å². The van der Waals surface area contributed by atoms with Crippen molar-refractivity contribution in [3.63, 3.8) is 0 Å². The summed E-state index contributed by atoms with van der Waals surface area (Å²) in [5, 5.41) is 0. The van der Waals surface area contributed by atoms with Gasteiger partial charge in [-0.25, -0.2) is 0 Å². The first-order valence-electron chi connectivity index (χ1n) is 7.38. The molecule has 0 N–H and O–H groups in total. The number of aryl methyl sites for hydroxylation is 1. The fourth-order valence-corrected chi connectivity index (χ4v) is 2.94. The molecule has 20 heavy (non-hydrogen) atoms. The highest BCUT2D eigenvalue weighted by molar-refractivity contribution is 5.99. The van der Waals surface area contributed by atoms with Crippen molar-refractivity contribution in [3.8, 4) is 0 Å². The van der Waals surface area contributed by atoms with Crippen molar-refractivity contribution in [2.75, 3.05) is 0 Å². The van der Waals surface area contributed by atoms with Gasteiger partial charge in [0.2, 0.25) is 0 Å². The Labute approximate surface area is 119 Å². The number of pyridine rings is 1. The van der Waals surface area contributed by atoms with Crippen LogP contribution in [0.25, 0.3) is 0 Å². The predicted octanol–water partition coefficient (Wildman–Crippen LogP) is 3.46. The number of carbonyl (C=O) groups excluding carboxylic acids is 1. The molecule has 0 fully saturated rings. The summed E-state index contributed by atoms with van der Waals surface area (Å²) >= 11 is 0. The van der Waals surface area contributed by atoms with Gasteiger partial charge >= 0.3 is 0 Å². The first-order valence-corrected chi connectivity index (χ1v) is 7.38. The molecule has 2 aliphatic rings. The van der Waals surface area contributed by atoms with Crippen molar-refractivity contribution in [2.24, 2.45) is 22.7 Å². The maximum Gasteiger partial charge on any atom is 0.168 e. The summed E-state index contributed by atoms with van der Waals surface area (Å²) in [6.45, 7) is 4.38. The van der Waals surface area contributed by atoms with E-state index in [0.29, 0.717) is 11.8 Å². The monoisotopic (exact) mass is 268 g/mol. The first kappa shape index (κ1) is 13.2. The van der Waals surface area contributed by atoms with E-state index >= 15 is 0 Å². The Morgan fingerprint density at radius 3 is 2.95 bits per heavy atom. The lowest BCUT2D eigenvalue weighted by atomic mass is 9.81. The second kappa shape index (κ2) is 5.31. The van der Waals surface area contributed by atoms with E-state index in [1.165, 1.54) is 0 Å². The zero-order valence-electron chi connectivity index (χ0n) is 12.0. The molecule has 3 rings (SSSR count). The lowest BCUT2D eigenvalue weighted by molar-refractivity contribution is 0.0899. The lowest BCUT2D eigenvalue weighted by Gasteiger charge is -2.24. The van der Waals surface area contributed by atoms with E-state index < -0.39 is 0 Å². The number of ketones is 1. The molecule has 0 saturated carbocycles. The van der Waals surface area contributed by atoms with E-state index in [2.05, 4.69) is 29.9 Å². The number of carbonyl (C=O) groups is 1. The van der Waals surface area contributed by atoms with Crippen LogP contribution in [-0.2, 0) is 6.42 Å². The molecule has 0 saturated heterocycles. The summed E-state index contributed by atoms with van der Waals surface area (Å²) in [6.07, 6.45) is 8.55. The van der Waals surface area contributed by atoms with Crippen LogP contribution < -0.4 is 0 Å². The fourth-order valence-electron chi connectivity index (χ4n) is 2.94. The second-order valence-electron chi connectivity index (χ2n) is 5.96. The van der Waals surface area contributed by atoms with Crippen molar-refractivity contribution in [3.05, 3.63) is 41.4 Å². The standard InChI is InChI=1S/C17H20N2O/c1-11-8-14(19-10-12(11)2)9-13-5-6-16-15(17(13)20)4-3-7-18-16/h3-4,7-8,10-13H,5-6,9H2,1-2H3. The normalized spacial score (nSPS) is 29.0. The molecule has 0 radical (unpaired) electrons. The van der Waals surface area contributed by atoms with Crippen LogP contribution in [0.3, 0.4) is 0 Å². The van der Waals surface area contributed by atoms with Gasteiger partial charge in [0.25, 0.3) is 0 Å². The van der Waals surface area contributed by atoms with Crippen LogP contribution in [0.15, 0.2) is 35.1 Å². The van der Waals surface area contributed by atoms with Crippen molar-refractivity contribution in [1.82, 2.24) is 4.98 Å². The Bertz CT molecular complexity index is 588. The molecule has 3 heteroatoms. The Morgan fingerprint density at radius 2 is 2.15 bits per heavy atom. The van der Waals surface area contributed by atoms with Crippen LogP contribution in [-0.4, -0.2) is 17.0 Å². The van der Waals surface area contributed by atoms with Gasteiger partial charge in [0.15, 0.2) is 5.78 Å². The first-order chi connectivity index (χ1) is 9.65. The molecule has 1 aromatic heterocycles. The highest BCUT2D eigenvalue weighted by Crippen LogP contribution is 2.31. The number of allylic oxidation sites excluding steroid dienone is 2. The summed E-state index contributed by atoms with van der Waals surface area (Å²) in [6, 6.07) is 3.75. The Morgan fingerprint density at radius 1 is 1.30 bits per heavy atom. The van der Waals surface area contributed by atoms with E-state index in [1.54, 1.807) is 6.20 Å². The number of fused-ring (bicyclic) bond motifs is 1. The molecule has 1 aliphatic heterocycles. The Balaban J connectivity index is 1.76. The molecule has 0 aromatic carbocycles. The predicted molar refractivity (Wildman–Crippen MR) is 79.9 cm³/mol. The number of Topliss-reactive ketones (excluding diaryl/α,β-unsaturated/α-hetero) is 1. The van der Waals surface area contributed by atoms with Crippen LogP contribution >= 0.6 is 0 Å². The highest BCUT2D eigenvalue weighted by atomic mass is 16.1. The van der Waals surface area contributed by atoms with E-state index in [0.717, 1.165) is 36.2 Å². The summed E-state index contributed by atoms with van der Waals surface area (Å²) in [4.78, 5) is 21.3. The minimum atomic E-state index is 0.0655. The Hall–Kier alpha value is -1.77. The van der Waals surface area contributed by atoms with Crippen molar-refractivity contribution >= 4 is 12.0 Å². The lowest BCUT2D eigenvalue weighted by Crippen LogP contribution is -2.24. The van der Waals surface area contributed by atoms with Gasteiger partial charge in [0, 0.05) is 29.6 Å². The maximum atomic E-state index is 12.5. The molecule has 104 valence electrons. The molecule has 3 unspecified atom stereocenters. The SMILES string of the molecule is CC1C=NC(CC2CCc3ncccc3C2=O)=CC1C. The van der Waals surface area contributed by atoms with Crippen LogP contribution in [0.1, 0.15) is 42.7 Å². The number of nitrogens with zero attached hydrogens (tertiary/aromatic N) is 2. The fraction of sp³-hybridized carbons (Fsp3) is 0.471. The summed E-state index contributed by atoms with van der Waals surface area (Å²) < 4.78 is 0. The summed E-state index contributed by atoms with van der Waals surface area (Å²) in [5.74, 6) is 1.30. The Kier molecular flexibility index (Phi) is 3.51. The van der Waals surface area contributed by atoms with Crippen LogP contribution in [0.5, 0.6) is 0 Å². The highest BCUT2D eigenvalue weighted by Gasteiger charge is 2.29. The van der Waals surface area contributed by atoms with Gasteiger partial charge in [-0.1, -0.05) is 19.9 Å². The van der Waals surface area contributed by atoms with Gasteiger partial charge in [-0.3, -0.25) is 14.8 Å². The largest absolute Gasteiger partial charge is 0.294 e. The van der Waals surface area contributed by atoms with E-state index in [9.17, 15) is 4.79 Å². The van der Waals surface area contributed by atoms with E-state index in [1.807, 2.05) is 18.3 Å². The number of aromatic nitrogens is 1. The van der Waals surface area contributed by atoms with Gasteiger partial charge in [0.05, 0.1) is 5.69 Å². The van der Waals surface area contributed by atoms with Gasteiger partial charge in [0.1, 0.15) is 0 Å². The van der Waals surface area contributed by atoms with Crippen molar-refractivity contribution < 1.29 is 4.79 Å². The van der Waals surface area contributed by atoms with E-state index in [-0.39, 0.29) is 11.7 Å². The third-order valence-electron chi connectivity index (χ3n) is 4.47. The van der Waals surface area contributed by atoms with Crippen molar-refractivity contribution in [1.29, 1.82) is 0 Å². The zero-order chi connectivity index (χ0) is 14.1. The number of rotatable bonds is 2. The van der Waals surface area contributed by atoms with Crippen molar-refractivity contribution in [2.45, 2.75) is 33.1 Å². The zero-order valence-corrected chi connectivity index (χ0v) is 12.0. The molecule has 0 bridgehead atoms. The topological polar surface area (TPSA) is 42.3 Å². The second-order valence-corrected chi connectivity index (χ2v) is 5.96. The molecule has 3 nitrogen and oxygen atoms in total. The molecule has 3 atom stereocenters. The van der Waals surface area contributed by atoms with Gasteiger partial charge < -0.3 is 0 Å². The van der Waals surface area contributed by atoms with Crippen LogP contribution in [0, 0.1) is 17.8 Å². The minimum Gasteiger partial charge on any atom is -0.294 e. The third kappa shape index (κ3) is 2.45. The van der Waals surface area contributed by atoms with Crippen LogP contribution in [0.2, 0.25) is 0 Å². The van der Waals surface area contributed by atoms with Gasteiger partial charge in [-0.2, -0.15) is 0 Å². The quantitative estimate of drug-likeness (QED) is 0.824. The molecule has 1 aromatic rings. The number of hydrogen-bond donors (Lipinski definition) is 0. The molecular formula is C17H20N2O. The molecule has 0 spiro atoms. The molecular weight excluding hydrogens is 248 g/mol. The maximum absolute atomic E-state index is 12.5. The minimum absolute atomic E-state index is 0.0655. The average Bonchev–Trinajstić information content (AvgIpc) is 2.46. The van der Waals surface area contributed by atoms with Gasteiger partial charge in [-0.05, 0) is 43.2 Å². The summed E-state index contributed by atoms with van der Waals surface area (Å²) in [5.41, 5.74) is 2.84. The summed E-state index contributed by atoms with van der Waals surface area (Å²) in [7, 11) is 0. The number of hydrogen-bond acceptors (Lipinski definition) is 3. The molecule has 2 heterocycles. The molecule has 0 amide bonds. The molecule has 1 aliphatic carbocycles.